The molecule has 0 aliphatic heterocycles. The second-order valence-corrected chi connectivity index (χ2v) is 4.50. The highest BCUT2D eigenvalue weighted by Crippen LogP contribution is 2.24. The van der Waals surface area contributed by atoms with Crippen LogP contribution in [0.25, 0.3) is 21.1 Å². The van der Waals surface area contributed by atoms with Crippen molar-refractivity contribution in [1.29, 1.82) is 0 Å². The van der Waals surface area contributed by atoms with Gasteiger partial charge in [-0.3, -0.25) is 4.79 Å². The third kappa shape index (κ3) is 1.26. The van der Waals surface area contributed by atoms with Gasteiger partial charge in [0.25, 0.3) is 0 Å². The number of H-pyrrole nitrogens is 1. The lowest BCUT2D eigenvalue weighted by atomic mass is 10.2. The normalized spacial score (nSPS) is 11.3. The first-order valence-corrected chi connectivity index (χ1v) is 5.45. The van der Waals surface area contributed by atoms with Crippen molar-refractivity contribution in [3.05, 3.63) is 39.6 Å². The highest BCUT2D eigenvalue weighted by Gasteiger charge is 2.04. The number of hydrogen-bond donors (Lipinski definition) is 1. The average molecular weight is 216 g/mol. The number of fused-ring (bicyclic) bond motifs is 3. The number of aryl methyl sites for hydroxylation is 1. The molecule has 0 saturated heterocycles. The number of imidazole rings is 1. The first-order valence-electron chi connectivity index (χ1n) is 4.63. The van der Waals surface area contributed by atoms with E-state index in [2.05, 4.69) is 9.97 Å². The van der Waals surface area contributed by atoms with Gasteiger partial charge >= 0.3 is 0 Å². The van der Waals surface area contributed by atoms with Crippen LogP contribution < -0.4 is 4.74 Å². The van der Waals surface area contributed by atoms with E-state index >= 15 is 0 Å². The van der Waals surface area contributed by atoms with Gasteiger partial charge in [-0.2, -0.15) is 0 Å². The molecule has 1 N–H and O–H groups in total. The lowest BCUT2D eigenvalue weighted by Gasteiger charge is -1.95. The molecule has 0 saturated carbocycles. The first kappa shape index (κ1) is 8.61. The molecule has 2 heterocycles. The zero-order valence-corrected chi connectivity index (χ0v) is 8.89. The van der Waals surface area contributed by atoms with E-state index in [-0.39, 0.29) is 4.74 Å². The van der Waals surface area contributed by atoms with Gasteiger partial charge in [0.15, 0.2) is 0 Å². The van der Waals surface area contributed by atoms with Crippen molar-refractivity contribution in [2.75, 3.05) is 0 Å². The van der Waals surface area contributed by atoms with Crippen LogP contribution in [0.4, 0.5) is 0 Å². The summed E-state index contributed by atoms with van der Waals surface area (Å²) in [6.45, 7) is 1.93. The van der Waals surface area contributed by atoms with Crippen LogP contribution in [-0.4, -0.2) is 9.97 Å². The van der Waals surface area contributed by atoms with Crippen molar-refractivity contribution in [3.8, 4) is 0 Å². The van der Waals surface area contributed by atoms with E-state index in [0.717, 1.165) is 26.9 Å². The summed E-state index contributed by atoms with van der Waals surface area (Å²) in [5, 5.41) is 1.04. The van der Waals surface area contributed by atoms with Crippen molar-refractivity contribution >= 4 is 32.5 Å². The Morgan fingerprint density at radius 3 is 3.00 bits per heavy atom. The standard InChI is InChI=1S/C11H8N2OS/c1-6-12-8-3-4-9-7(11(8)13-6)2-5-10(14)15-9/h2-5H,1H3,(H,12,13). The van der Waals surface area contributed by atoms with E-state index in [1.807, 2.05) is 25.1 Å². The SMILES string of the molecule is Cc1nc2c(ccc3sc(=O)ccc32)[nH]1. The van der Waals surface area contributed by atoms with Gasteiger partial charge in [-0.15, -0.1) is 0 Å². The van der Waals surface area contributed by atoms with Crippen LogP contribution in [0.1, 0.15) is 5.82 Å². The van der Waals surface area contributed by atoms with Gasteiger partial charge in [0.1, 0.15) is 5.82 Å². The molecular formula is C11H8N2OS. The fourth-order valence-electron chi connectivity index (χ4n) is 1.75. The summed E-state index contributed by atoms with van der Waals surface area (Å²) in [5.74, 6) is 0.897. The number of aromatic amines is 1. The van der Waals surface area contributed by atoms with E-state index in [1.165, 1.54) is 11.3 Å². The van der Waals surface area contributed by atoms with Gasteiger partial charge in [-0.05, 0) is 31.2 Å². The Morgan fingerprint density at radius 1 is 1.27 bits per heavy atom. The maximum atomic E-state index is 11.2. The molecule has 0 aliphatic rings. The molecule has 0 unspecified atom stereocenters. The molecule has 0 amide bonds. The third-order valence-corrected chi connectivity index (χ3v) is 3.28. The highest BCUT2D eigenvalue weighted by molar-refractivity contribution is 7.16. The maximum absolute atomic E-state index is 11.2. The Kier molecular flexibility index (Phi) is 1.67. The predicted octanol–water partition coefficient (Wildman–Crippen LogP) is 2.45. The smallest absolute Gasteiger partial charge is 0.232 e. The fraction of sp³-hybridized carbons (Fsp3) is 0.0909. The first-order chi connectivity index (χ1) is 7.24. The van der Waals surface area contributed by atoms with Crippen molar-refractivity contribution in [1.82, 2.24) is 9.97 Å². The van der Waals surface area contributed by atoms with E-state index in [4.69, 9.17) is 0 Å². The number of hydrogen-bond acceptors (Lipinski definition) is 3. The molecule has 0 spiro atoms. The molecule has 15 heavy (non-hydrogen) atoms. The van der Waals surface area contributed by atoms with Crippen LogP contribution in [-0.2, 0) is 0 Å². The Bertz CT molecular complexity index is 711. The van der Waals surface area contributed by atoms with E-state index in [9.17, 15) is 4.79 Å². The fourth-order valence-corrected chi connectivity index (χ4v) is 2.51. The molecule has 4 heteroatoms. The minimum atomic E-state index is 0.0779. The minimum Gasteiger partial charge on any atom is -0.342 e. The van der Waals surface area contributed by atoms with Crippen molar-refractivity contribution in [2.45, 2.75) is 6.92 Å². The molecule has 3 rings (SSSR count). The molecule has 1 aromatic carbocycles. The Hall–Kier alpha value is -1.68. The number of aromatic nitrogens is 2. The van der Waals surface area contributed by atoms with Crippen LogP contribution in [0, 0.1) is 6.92 Å². The van der Waals surface area contributed by atoms with Gasteiger partial charge in [0.05, 0.1) is 11.0 Å². The number of benzene rings is 1. The van der Waals surface area contributed by atoms with E-state index in [1.54, 1.807) is 6.07 Å². The molecule has 0 aliphatic carbocycles. The number of nitrogens with one attached hydrogen (secondary N) is 1. The average Bonchev–Trinajstić information content (AvgIpc) is 2.58. The van der Waals surface area contributed by atoms with Crippen molar-refractivity contribution in [3.63, 3.8) is 0 Å². The molecule has 2 aromatic heterocycles. The maximum Gasteiger partial charge on any atom is 0.232 e. The second-order valence-electron chi connectivity index (χ2n) is 3.45. The summed E-state index contributed by atoms with van der Waals surface area (Å²) in [6.07, 6.45) is 0. The van der Waals surface area contributed by atoms with Gasteiger partial charge < -0.3 is 4.98 Å². The second kappa shape index (κ2) is 2.90. The summed E-state index contributed by atoms with van der Waals surface area (Å²) in [6, 6.07) is 7.36. The Balaban J connectivity index is 2.59. The van der Waals surface area contributed by atoms with Crippen LogP contribution in [0.2, 0.25) is 0 Å². The van der Waals surface area contributed by atoms with Gasteiger partial charge in [0.2, 0.25) is 4.74 Å². The Morgan fingerprint density at radius 2 is 2.13 bits per heavy atom. The Labute approximate surface area is 89.4 Å². The van der Waals surface area contributed by atoms with Crippen molar-refractivity contribution in [2.24, 2.45) is 0 Å². The number of rotatable bonds is 0. The topological polar surface area (TPSA) is 45.8 Å². The zero-order chi connectivity index (χ0) is 10.4. The number of nitrogens with zero attached hydrogens (tertiary/aromatic N) is 1. The molecule has 3 aromatic rings. The monoisotopic (exact) mass is 216 g/mol. The van der Waals surface area contributed by atoms with Gasteiger partial charge in [-0.1, -0.05) is 11.3 Å². The van der Waals surface area contributed by atoms with Gasteiger partial charge in [-0.25, -0.2) is 4.98 Å². The lowest BCUT2D eigenvalue weighted by Crippen LogP contribution is -1.89. The van der Waals surface area contributed by atoms with Crippen LogP contribution in [0.5, 0.6) is 0 Å². The van der Waals surface area contributed by atoms with E-state index < -0.39 is 0 Å². The van der Waals surface area contributed by atoms with Crippen LogP contribution in [0.3, 0.4) is 0 Å². The molecule has 74 valence electrons. The van der Waals surface area contributed by atoms with Gasteiger partial charge in [0, 0.05) is 10.1 Å². The van der Waals surface area contributed by atoms with Crippen LogP contribution >= 0.6 is 11.3 Å². The molecular weight excluding hydrogens is 208 g/mol. The molecule has 0 atom stereocenters. The largest absolute Gasteiger partial charge is 0.342 e. The predicted molar refractivity (Wildman–Crippen MR) is 62.5 cm³/mol. The summed E-state index contributed by atoms with van der Waals surface area (Å²) in [7, 11) is 0. The molecule has 0 radical (unpaired) electrons. The quantitative estimate of drug-likeness (QED) is 0.627. The summed E-state index contributed by atoms with van der Waals surface area (Å²) in [4.78, 5) is 18.8. The minimum absolute atomic E-state index is 0.0779. The lowest BCUT2D eigenvalue weighted by molar-refractivity contribution is 1.17. The van der Waals surface area contributed by atoms with E-state index in [0.29, 0.717) is 0 Å². The molecule has 0 fully saturated rings. The summed E-state index contributed by atoms with van der Waals surface area (Å²) < 4.78 is 1.07. The van der Waals surface area contributed by atoms with Crippen LogP contribution in [0.15, 0.2) is 29.1 Å². The van der Waals surface area contributed by atoms with Crippen molar-refractivity contribution < 1.29 is 0 Å². The third-order valence-electron chi connectivity index (χ3n) is 2.37. The zero-order valence-electron chi connectivity index (χ0n) is 8.07. The summed E-state index contributed by atoms with van der Waals surface area (Å²) in [5.41, 5.74) is 1.96. The molecule has 3 nitrogen and oxygen atoms in total. The highest BCUT2D eigenvalue weighted by atomic mass is 32.1. The summed E-state index contributed by atoms with van der Waals surface area (Å²) >= 11 is 1.26. The molecule has 0 bridgehead atoms.